The van der Waals surface area contributed by atoms with Crippen molar-refractivity contribution in [3.63, 3.8) is 0 Å². The first-order chi connectivity index (χ1) is 26.2. The van der Waals surface area contributed by atoms with E-state index in [1.807, 2.05) is 11.3 Å². The quantitative estimate of drug-likeness (QED) is 0.302. The Labute approximate surface area is 339 Å². The molecule has 0 spiro atoms. The Morgan fingerprint density at radius 1 is 0.891 bits per heavy atom. The molecule has 292 valence electrons. The summed E-state index contributed by atoms with van der Waals surface area (Å²) >= 11 is 1.99. The van der Waals surface area contributed by atoms with Gasteiger partial charge in [0.05, 0.1) is 0 Å². The van der Waals surface area contributed by atoms with Gasteiger partial charge in [0.2, 0.25) is 0 Å². The maximum absolute atomic E-state index is 4.81. The molecule has 0 amide bonds. The number of fused-ring (bicyclic) bond motifs is 7. The minimum Gasteiger partial charge on any atom is -0.296 e. The van der Waals surface area contributed by atoms with Crippen LogP contribution in [0.1, 0.15) is 125 Å². The second-order valence-corrected chi connectivity index (χ2v) is 19.9. The Bertz CT molecular complexity index is 2060. The maximum Gasteiger partial charge on any atom is 0.0385 e. The van der Waals surface area contributed by atoms with Crippen LogP contribution in [-0.2, 0) is 5.41 Å². The molecule has 1 aromatic heterocycles. The summed E-state index contributed by atoms with van der Waals surface area (Å²) in [7, 11) is 0. The molecular weight excluding hydrogens is 683 g/mol. The van der Waals surface area contributed by atoms with Crippen molar-refractivity contribution < 1.29 is 0 Å². The van der Waals surface area contributed by atoms with Crippen molar-refractivity contribution in [2.45, 2.75) is 120 Å². The smallest absolute Gasteiger partial charge is 0.0385 e. The van der Waals surface area contributed by atoms with E-state index in [4.69, 9.17) is 6.58 Å². The molecule has 4 heterocycles. The van der Waals surface area contributed by atoms with Gasteiger partial charge in [-0.3, -0.25) is 4.90 Å². The first kappa shape index (κ1) is 40.0. The molecule has 8 atom stereocenters. The van der Waals surface area contributed by atoms with Crippen molar-refractivity contribution >= 4 is 22.5 Å². The van der Waals surface area contributed by atoms with Crippen LogP contribution in [0.25, 0.3) is 21.6 Å². The van der Waals surface area contributed by atoms with Crippen LogP contribution in [0.5, 0.6) is 0 Å². The number of likely N-dealkylation sites (N-methyl/N-ethyl adjacent to an activating group) is 1. The summed E-state index contributed by atoms with van der Waals surface area (Å²) < 4.78 is 0. The fourth-order valence-corrected chi connectivity index (χ4v) is 12.2. The van der Waals surface area contributed by atoms with Gasteiger partial charge in [-0.1, -0.05) is 141 Å². The lowest BCUT2D eigenvalue weighted by Crippen LogP contribution is -2.37. The molecule has 8 rings (SSSR count). The highest BCUT2D eigenvalue weighted by molar-refractivity contribution is 7.16. The molecular formula is C53H69NS. The second kappa shape index (κ2) is 15.6. The number of hydrogen-bond acceptors (Lipinski definition) is 2. The number of nitrogens with zero attached hydrogens (tertiary/aromatic N) is 1. The standard InChI is InChI=1S/C53H69NS/c1-14-31(3)47-29-48-35(7)30-54(15-2)52(48)44-25-22-41(36(44)8)34(6)17-16-32(4)33(5)18-20-45-39(11)53(12,13)49-28-40(19-21-46(45)49)50-26-27-51(55-50)43-24-23-42(37(43)9)38(47)10/h16-17,19,21-28,31,33,35,37-38,47-48,52H,8,14-15,18,20,29-30H2,1-7,9-13H3. The van der Waals surface area contributed by atoms with Gasteiger partial charge in [-0.25, -0.2) is 0 Å². The topological polar surface area (TPSA) is 3.24 Å². The van der Waals surface area contributed by atoms with E-state index in [1.165, 1.54) is 84.8 Å². The second-order valence-electron chi connectivity index (χ2n) is 18.8. The third-order valence-corrected chi connectivity index (χ3v) is 16.8. The molecule has 2 heteroatoms. The molecule has 6 aliphatic rings. The molecule has 0 N–H and O–H groups in total. The third-order valence-electron chi connectivity index (χ3n) is 15.6. The van der Waals surface area contributed by atoms with Crippen molar-refractivity contribution in [1.29, 1.82) is 0 Å². The van der Waals surface area contributed by atoms with Crippen LogP contribution in [0.4, 0.5) is 0 Å². The lowest BCUT2D eigenvalue weighted by Gasteiger charge is -2.38. The van der Waals surface area contributed by atoms with E-state index in [-0.39, 0.29) is 5.41 Å². The molecule has 0 radical (unpaired) electrons. The first-order valence-corrected chi connectivity index (χ1v) is 22.6. The Hall–Kier alpha value is -3.20. The zero-order valence-electron chi connectivity index (χ0n) is 36.3. The summed E-state index contributed by atoms with van der Waals surface area (Å²) in [5.41, 5.74) is 17.4. The zero-order chi connectivity index (χ0) is 39.5. The third kappa shape index (κ3) is 7.07. The highest BCUT2D eigenvalue weighted by Crippen LogP contribution is 2.52. The normalized spacial score (nSPS) is 30.5. The average Bonchev–Trinajstić information content (AvgIpc) is 3.99. The molecule has 3 aliphatic carbocycles. The monoisotopic (exact) mass is 752 g/mol. The van der Waals surface area contributed by atoms with Crippen molar-refractivity contribution in [1.82, 2.24) is 4.90 Å². The van der Waals surface area contributed by atoms with Gasteiger partial charge in [-0.15, -0.1) is 11.3 Å². The van der Waals surface area contributed by atoms with Crippen LogP contribution in [-0.4, -0.2) is 24.0 Å². The van der Waals surface area contributed by atoms with Gasteiger partial charge in [0.15, 0.2) is 0 Å². The molecule has 1 saturated heterocycles. The fraction of sp³-hybridized carbons (Fsp3) is 0.509. The van der Waals surface area contributed by atoms with Crippen LogP contribution in [0, 0.1) is 41.4 Å². The SMILES string of the molecule is C=C1C2=CC=C1C1C(CC(C(C)CC)C(C)C3=CC=C(c4ccc(s4)-c4ccc5c(c4)C(C)(C)C(C)=C5CCC(C)C(C)=CC=C2C)C3C)C(C)CN1CC. The number of allylic oxidation sites excluding steroid dienone is 13. The zero-order valence-corrected chi connectivity index (χ0v) is 37.1. The van der Waals surface area contributed by atoms with E-state index >= 15 is 0 Å². The lowest BCUT2D eigenvalue weighted by molar-refractivity contribution is 0.181. The van der Waals surface area contributed by atoms with E-state index in [0.29, 0.717) is 47.5 Å². The van der Waals surface area contributed by atoms with Crippen LogP contribution in [0.15, 0.2) is 112 Å². The van der Waals surface area contributed by atoms with Gasteiger partial charge in [-0.2, -0.15) is 0 Å². The summed E-state index contributed by atoms with van der Waals surface area (Å²) in [5.74, 6) is 4.03. The summed E-state index contributed by atoms with van der Waals surface area (Å²) in [6.07, 6.45) is 19.3. The molecule has 55 heavy (non-hydrogen) atoms. The predicted molar refractivity (Wildman–Crippen MR) is 242 cm³/mol. The van der Waals surface area contributed by atoms with Gasteiger partial charge in [0.1, 0.15) is 0 Å². The highest BCUT2D eigenvalue weighted by Gasteiger charge is 2.45. The summed E-state index contributed by atoms with van der Waals surface area (Å²) in [5, 5.41) is 0. The van der Waals surface area contributed by atoms with Gasteiger partial charge in [0, 0.05) is 33.7 Å². The minimum absolute atomic E-state index is 0.0385. The van der Waals surface area contributed by atoms with E-state index in [2.05, 4.69) is 155 Å². The van der Waals surface area contributed by atoms with Crippen molar-refractivity contribution in [2.75, 3.05) is 13.1 Å². The van der Waals surface area contributed by atoms with E-state index in [9.17, 15) is 0 Å². The summed E-state index contributed by atoms with van der Waals surface area (Å²) in [6, 6.07) is 12.6. The number of benzene rings is 1. The van der Waals surface area contributed by atoms with Crippen molar-refractivity contribution in [3.05, 3.63) is 128 Å². The molecule has 10 bridgehead atoms. The molecule has 1 nitrogen and oxygen atoms in total. The molecule has 1 aromatic carbocycles. The van der Waals surface area contributed by atoms with E-state index in [1.54, 1.807) is 11.1 Å². The number of thiophene rings is 1. The predicted octanol–water partition coefficient (Wildman–Crippen LogP) is 14.8. The largest absolute Gasteiger partial charge is 0.296 e. The Morgan fingerprint density at radius 2 is 1.62 bits per heavy atom. The van der Waals surface area contributed by atoms with Crippen LogP contribution in [0.3, 0.4) is 0 Å². The van der Waals surface area contributed by atoms with Gasteiger partial charge >= 0.3 is 0 Å². The van der Waals surface area contributed by atoms with E-state index in [0.717, 1.165) is 19.4 Å². The maximum atomic E-state index is 4.81. The molecule has 8 unspecified atom stereocenters. The molecule has 2 aromatic rings. The van der Waals surface area contributed by atoms with E-state index < -0.39 is 0 Å². The molecule has 1 fully saturated rings. The number of hydrogen-bond donors (Lipinski definition) is 0. The Morgan fingerprint density at radius 3 is 2.35 bits per heavy atom. The van der Waals surface area contributed by atoms with Crippen LogP contribution >= 0.6 is 11.3 Å². The summed E-state index contributed by atoms with van der Waals surface area (Å²) in [4.78, 5) is 5.58. The summed E-state index contributed by atoms with van der Waals surface area (Å²) in [6.45, 7) is 36.2. The van der Waals surface area contributed by atoms with Gasteiger partial charge < -0.3 is 0 Å². The Balaban J connectivity index is 1.27. The number of likely N-dealkylation sites (tertiary alicyclic amines) is 1. The molecule has 0 saturated carbocycles. The average molecular weight is 752 g/mol. The van der Waals surface area contributed by atoms with Gasteiger partial charge in [-0.05, 0) is 150 Å². The van der Waals surface area contributed by atoms with Crippen LogP contribution < -0.4 is 0 Å². The van der Waals surface area contributed by atoms with Crippen LogP contribution in [0.2, 0.25) is 0 Å². The van der Waals surface area contributed by atoms with Crippen molar-refractivity contribution in [2.24, 2.45) is 41.4 Å². The Kier molecular flexibility index (Phi) is 11.4. The highest BCUT2D eigenvalue weighted by atomic mass is 32.1. The lowest BCUT2D eigenvalue weighted by atomic mass is 9.68. The first-order valence-electron chi connectivity index (χ1n) is 21.8. The fourth-order valence-electron chi connectivity index (χ4n) is 11.1. The van der Waals surface area contributed by atoms with Gasteiger partial charge in [0.25, 0.3) is 0 Å². The minimum atomic E-state index is 0.0385. The number of rotatable bonds is 3. The van der Waals surface area contributed by atoms with Crippen molar-refractivity contribution in [3.8, 4) is 10.4 Å². The molecule has 3 aliphatic heterocycles.